The van der Waals surface area contributed by atoms with E-state index in [1.165, 1.54) is 5.56 Å². The Bertz CT molecular complexity index is 609. The first-order chi connectivity index (χ1) is 10.8. The predicted molar refractivity (Wildman–Crippen MR) is 96.9 cm³/mol. The highest BCUT2D eigenvalue weighted by atomic mass is 32.1. The molecule has 114 valence electrons. The Morgan fingerprint density at radius 3 is 2.23 bits per heavy atom. The van der Waals surface area contributed by atoms with Gasteiger partial charge in [0.1, 0.15) is 0 Å². The average Bonchev–Trinajstić information content (AvgIpc) is 2.58. The largest absolute Gasteiger partial charge is 0.357 e. The van der Waals surface area contributed by atoms with E-state index in [1.54, 1.807) is 0 Å². The van der Waals surface area contributed by atoms with Crippen molar-refractivity contribution in [1.82, 2.24) is 16.2 Å². The van der Waals surface area contributed by atoms with Gasteiger partial charge in [0.15, 0.2) is 5.11 Å². The van der Waals surface area contributed by atoms with E-state index in [-0.39, 0.29) is 0 Å². The van der Waals surface area contributed by atoms with E-state index in [1.807, 2.05) is 36.4 Å². The van der Waals surface area contributed by atoms with Crippen LogP contribution in [-0.2, 0) is 6.54 Å². The topological polar surface area (TPSA) is 36.1 Å². The lowest BCUT2D eigenvalue weighted by Crippen LogP contribution is -2.42. The third kappa shape index (κ3) is 5.22. The van der Waals surface area contributed by atoms with Gasteiger partial charge in [-0.1, -0.05) is 73.7 Å². The zero-order chi connectivity index (χ0) is 15.6. The molecule has 0 bridgehead atoms. The lowest BCUT2D eigenvalue weighted by Gasteiger charge is -2.15. The molecule has 2 rings (SSSR count). The zero-order valence-corrected chi connectivity index (χ0v) is 13.5. The van der Waals surface area contributed by atoms with Crippen LogP contribution in [0.4, 0.5) is 0 Å². The third-order valence-corrected chi connectivity index (χ3v) is 3.35. The Morgan fingerprint density at radius 2 is 1.59 bits per heavy atom. The molecule has 0 aliphatic carbocycles. The van der Waals surface area contributed by atoms with Crippen molar-refractivity contribution < 1.29 is 0 Å². The van der Waals surface area contributed by atoms with Crippen molar-refractivity contribution in [3.8, 4) is 0 Å². The van der Waals surface area contributed by atoms with Crippen molar-refractivity contribution in [3.63, 3.8) is 0 Å². The summed E-state index contributed by atoms with van der Waals surface area (Å²) in [7, 11) is 0. The number of thiocarbonyl (C=S) groups is 1. The average molecular weight is 311 g/mol. The summed E-state index contributed by atoms with van der Waals surface area (Å²) in [6.45, 7) is 2.81. The van der Waals surface area contributed by atoms with Gasteiger partial charge in [0, 0.05) is 6.54 Å². The summed E-state index contributed by atoms with van der Waals surface area (Å²) < 4.78 is 0. The predicted octanol–water partition coefficient (Wildman–Crippen LogP) is 3.61. The Morgan fingerprint density at radius 1 is 0.955 bits per heavy atom. The smallest absolute Gasteiger partial charge is 0.185 e. The molecule has 0 unspecified atom stereocenters. The molecule has 22 heavy (non-hydrogen) atoms. The molecule has 2 aromatic rings. The molecule has 3 N–H and O–H groups in total. The van der Waals surface area contributed by atoms with Crippen molar-refractivity contribution in [2.45, 2.75) is 19.9 Å². The fraction of sp³-hybridized carbons (Fsp3) is 0.167. The summed E-state index contributed by atoms with van der Waals surface area (Å²) in [5, 5.41) is 3.75. The first-order valence-electron chi connectivity index (χ1n) is 7.39. The molecule has 0 heterocycles. The minimum atomic E-state index is 0.571. The van der Waals surface area contributed by atoms with Gasteiger partial charge in [-0.05, 0) is 29.8 Å². The second-order valence-electron chi connectivity index (χ2n) is 4.81. The lowest BCUT2D eigenvalue weighted by atomic mass is 10.1. The quantitative estimate of drug-likeness (QED) is 0.563. The summed E-state index contributed by atoms with van der Waals surface area (Å²) in [5.41, 5.74) is 9.56. The fourth-order valence-corrected chi connectivity index (χ4v) is 2.13. The standard InChI is InChI=1S/C18H21N3S/c1-2-9-17(16-12-7-4-8-13-16)20-21-18(22)19-14-15-10-5-3-6-11-15/h3-13,20H,2,14H2,1H3,(H2,19,21,22)/b17-9-. The number of hydrogen-bond acceptors (Lipinski definition) is 2. The SMILES string of the molecule is CC/C=C(\NNC(=S)NCc1ccccc1)c1ccccc1. The van der Waals surface area contributed by atoms with Crippen LogP contribution in [0.5, 0.6) is 0 Å². The van der Waals surface area contributed by atoms with Crippen LogP contribution in [0.3, 0.4) is 0 Å². The van der Waals surface area contributed by atoms with Gasteiger partial charge in [-0.15, -0.1) is 0 Å². The first-order valence-corrected chi connectivity index (χ1v) is 7.79. The molecular weight excluding hydrogens is 290 g/mol. The molecule has 0 spiro atoms. The van der Waals surface area contributed by atoms with Gasteiger partial charge in [0.05, 0.1) is 5.70 Å². The maximum absolute atomic E-state index is 5.29. The Kier molecular flexibility index (Phi) is 6.45. The van der Waals surface area contributed by atoms with Crippen molar-refractivity contribution in [2.24, 2.45) is 0 Å². The Balaban J connectivity index is 1.85. The molecule has 0 radical (unpaired) electrons. The van der Waals surface area contributed by atoms with E-state index in [0.29, 0.717) is 11.7 Å². The lowest BCUT2D eigenvalue weighted by molar-refractivity contribution is 0.786. The molecule has 0 aliphatic rings. The molecule has 0 amide bonds. The van der Waals surface area contributed by atoms with Gasteiger partial charge >= 0.3 is 0 Å². The van der Waals surface area contributed by atoms with Crippen LogP contribution in [0, 0.1) is 0 Å². The van der Waals surface area contributed by atoms with E-state index in [2.05, 4.69) is 53.4 Å². The van der Waals surface area contributed by atoms with E-state index in [4.69, 9.17) is 12.2 Å². The number of hydrogen-bond donors (Lipinski definition) is 3. The molecule has 0 atom stereocenters. The minimum absolute atomic E-state index is 0.571. The fourth-order valence-electron chi connectivity index (χ4n) is 2.01. The second-order valence-corrected chi connectivity index (χ2v) is 5.22. The van der Waals surface area contributed by atoms with E-state index < -0.39 is 0 Å². The van der Waals surface area contributed by atoms with Crippen molar-refractivity contribution in [2.75, 3.05) is 0 Å². The first kappa shape index (κ1) is 16.0. The van der Waals surface area contributed by atoms with Crippen LogP contribution in [0.2, 0.25) is 0 Å². The number of nitrogens with one attached hydrogen (secondary N) is 3. The van der Waals surface area contributed by atoms with Crippen LogP contribution < -0.4 is 16.2 Å². The number of rotatable bonds is 6. The van der Waals surface area contributed by atoms with Gasteiger partial charge in [-0.25, -0.2) is 0 Å². The summed E-state index contributed by atoms with van der Waals surface area (Å²) in [6, 6.07) is 20.3. The minimum Gasteiger partial charge on any atom is -0.357 e. The summed E-state index contributed by atoms with van der Waals surface area (Å²) in [6.07, 6.45) is 3.07. The molecule has 0 fully saturated rings. The van der Waals surface area contributed by atoms with Gasteiger partial charge in [0.25, 0.3) is 0 Å². The number of allylic oxidation sites excluding steroid dienone is 1. The molecule has 0 aromatic heterocycles. The van der Waals surface area contributed by atoms with Gasteiger partial charge in [-0.2, -0.15) is 0 Å². The Labute approximate surface area is 137 Å². The van der Waals surface area contributed by atoms with Gasteiger partial charge in [0.2, 0.25) is 0 Å². The summed E-state index contributed by atoms with van der Waals surface area (Å²) in [4.78, 5) is 0. The third-order valence-electron chi connectivity index (χ3n) is 3.10. The molecule has 2 aromatic carbocycles. The van der Waals surface area contributed by atoms with Crippen LogP contribution in [-0.4, -0.2) is 5.11 Å². The zero-order valence-electron chi connectivity index (χ0n) is 12.7. The molecule has 4 heteroatoms. The number of benzene rings is 2. The molecule has 3 nitrogen and oxygen atoms in total. The highest BCUT2D eigenvalue weighted by Gasteiger charge is 2.01. The normalized spacial score (nSPS) is 10.9. The van der Waals surface area contributed by atoms with E-state index in [0.717, 1.165) is 17.7 Å². The molecule has 0 saturated carbocycles. The maximum Gasteiger partial charge on any atom is 0.185 e. The second kappa shape index (κ2) is 8.85. The molecular formula is C18H21N3S. The summed E-state index contributed by atoms with van der Waals surface area (Å²) >= 11 is 5.29. The van der Waals surface area contributed by atoms with Crippen molar-refractivity contribution >= 4 is 23.0 Å². The van der Waals surface area contributed by atoms with E-state index in [9.17, 15) is 0 Å². The maximum atomic E-state index is 5.29. The van der Waals surface area contributed by atoms with Gasteiger partial charge in [-0.3, -0.25) is 10.9 Å². The molecule has 0 aliphatic heterocycles. The van der Waals surface area contributed by atoms with Crippen LogP contribution >= 0.6 is 12.2 Å². The van der Waals surface area contributed by atoms with Crippen molar-refractivity contribution in [1.29, 1.82) is 0 Å². The monoisotopic (exact) mass is 311 g/mol. The van der Waals surface area contributed by atoms with Crippen LogP contribution in [0.25, 0.3) is 5.70 Å². The molecule has 0 saturated heterocycles. The number of hydrazine groups is 1. The highest BCUT2D eigenvalue weighted by molar-refractivity contribution is 7.80. The van der Waals surface area contributed by atoms with E-state index >= 15 is 0 Å². The van der Waals surface area contributed by atoms with Crippen LogP contribution in [0.1, 0.15) is 24.5 Å². The Hall–Kier alpha value is -2.33. The highest BCUT2D eigenvalue weighted by Crippen LogP contribution is 2.10. The van der Waals surface area contributed by atoms with Gasteiger partial charge < -0.3 is 5.32 Å². The van der Waals surface area contributed by atoms with Crippen molar-refractivity contribution in [3.05, 3.63) is 77.9 Å². The van der Waals surface area contributed by atoms with Crippen LogP contribution in [0.15, 0.2) is 66.7 Å². The summed E-state index contributed by atoms with van der Waals surface area (Å²) in [5.74, 6) is 0.